The molecule has 1 aromatic carbocycles. The van der Waals surface area contributed by atoms with E-state index in [-0.39, 0.29) is 23.7 Å². The van der Waals surface area contributed by atoms with Gasteiger partial charge in [-0.25, -0.2) is 4.39 Å². The lowest BCUT2D eigenvalue weighted by Gasteiger charge is -2.37. The number of halogens is 1. The highest BCUT2D eigenvalue weighted by atomic mass is 19.1. The number of nitrogens with two attached hydrogens (primary N) is 1. The van der Waals surface area contributed by atoms with Gasteiger partial charge in [0.2, 0.25) is 5.91 Å². The number of rotatable bonds is 4. The highest BCUT2D eigenvalue weighted by molar-refractivity contribution is 5.79. The van der Waals surface area contributed by atoms with Crippen LogP contribution in [0.25, 0.3) is 0 Å². The third-order valence-electron chi connectivity index (χ3n) is 3.50. The monoisotopic (exact) mass is 266 g/mol. The van der Waals surface area contributed by atoms with Gasteiger partial charge in [-0.2, -0.15) is 0 Å². The van der Waals surface area contributed by atoms with Gasteiger partial charge >= 0.3 is 0 Å². The molecule has 1 aromatic rings. The van der Waals surface area contributed by atoms with E-state index >= 15 is 0 Å². The largest absolute Gasteiger partial charge is 0.381 e. The zero-order chi connectivity index (χ0) is 13.7. The van der Waals surface area contributed by atoms with E-state index in [4.69, 9.17) is 10.5 Å². The highest BCUT2D eigenvalue weighted by Crippen LogP contribution is 2.19. The van der Waals surface area contributed by atoms with Gasteiger partial charge in [0.25, 0.3) is 0 Å². The second-order valence-electron chi connectivity index (χ2n) is 4.95. The van der Waals surface area contributed by atoms with Crippen LogP contribution in [0.3, 0.4) is 0 Å². The number of carbonyl (C=O) groups excluding carboxylic acids is 1. The van der Waals surface area contributed by atoms with Gasteiger partial charge in [-0.15, -0.1) is 0 Å². The summed E-state index contributed by atoms with van der Waals surface area (Å²) in [6.07, 6.45) is 1.61. The van der Waals surface area contributed by atoms with E-state index in [0.717, 1.165) is 12.8 Å². The summed E-state index contributed by atoms with van der Waals surface area (Å²) in [5.74, 6) is -0.456. The fourth-order valence-electron chi connectivity index (χ4n) is 2.31. The van der Waals surface area contributed by atoms with Crippen LogP contribution in [0.2, 0.25) is 0 Å². The Labute approximate surface area is 112 Å². The average molecular weight is 266 g/mol. The molecule has 0 spiro atoms. The Bertz CT molecular complexity index is 445. The van der Waals surface area contributed by atoms with Gasteiger partial charge in [0, 0.05) is 19.8 Å². The van der Waals surface area contributed by atoms with Crippen LogP contribution in [0, 0.1) is 5.82 Å². The Morgan fingerprint density at radius 2 is 2.16 bits per heavy atom. The van der Waals surface area contributed by atoms with Crippen molar-refractivity contribution in [3.05, 3.63) is 35.6 Å². The number of nitrogens with one attached hydrogen (secondary N) is 1. The molecule has 5 heteroatoms. The molecule has 0 bridgehead atoms. The molecule has 1 aliphatic heterocycles. The first kappa shape index (κ1) is 14.0. The molecular weight excluding hydrogens is 247 g/mol. The van der Waals surface area contributed by atoms with Crippen LogP contribution in [0.4, 0.5) is 4.39 Å². The Kier molecular flexibility index (Phi) is 4.50. The molecule has 1 amide bonds. The molecule has 0 radical (unpaired) electrons. The number of benzene rings is 1. The van der Waals surface area contributed by atoms with E-state index in [9.17, 15) is 9.18 Å². The van der Waals surface area contributed by atoms with Crippen LogP contribution in [0.1, 0.15) is 18.4 Å². The van der Waals surface area contributed by atoms with Crippen molar-refractivity contribution in [2.45, 2.75) is 24.8 Å². The quantitative estimate of drug-likeness (QED) is 0.854. The van der Waals surface area contributed by atoms with Gasteiger partial charge < -0.3 is 15.8 Å². The van der Waals surface area contributed by atoms with Crippen LogP contribution in [-0.4, -0.2) is 31.2 Å². The number of ether oxygens (including phenoxy) is 1. The minimum atomic E-state index is -0.372. The highest BCUT2D eigenvalue weighted by Gasteiger charge is 2.32. The number of hydrogen-bond acceptors (Lipinski definition) is 3. The molecule has 1 fully saturated rings. The van der Waals surface area contributed by atoms with Crippen LogP contribution in [-0.2, 0) is 16.0 Å². The van der Waals surface area contributed by atoms with Gasteiger partial charge in [0.15, 0.2) is 0 Å². The fraction of sp³-hybridized carbons (Fsp3) is 0.500. The second-order valence-corrected chi connectivity index (χ2v) is 4.95. The minimum absolute atomic E-state index is 0.127. The first-order chi connectivity index (χ1) is 9.13. The smallest absolute Gasteiger partial charge is 0.224 e. The van der Waals surface area contributed by atoms with Crippen molar-refractivity contribution < 1.29 is 13.9 Å². The van der Waals surface area contributed by atoms with Crippen LogP contribution >= 0.6 is 0 Å². The minimum Gasteiger partial charge on any atom is -0.381 e. The molecule has 0 aromatic heterocycles. The molecule has 1 saturated heterocycles. The van der Waals surface area contributed by atoms with E-state index < -0.39 is 0 Å². The van der Waals surface area contributed by atoms with E-state index in [1.807, 2.05) is 0 Å². The molecule has 0 unspecified atom stereocenters. The Morgan fingerprint density at radius 3 is 2.79 bits per heavy atom. The van der Waals surface area contributed by atoms with E-state index in [2.05, 4.69) is 5.32 Å². The lowest BCUT2D eigenvalue weighted by Crippen LogP contribution is -2.57. The molecule has 1 heterocycles. The van der Waals surface area contributed by atoms with Crippen LogP contribution in [0.15, 0.2) is 24.3 Å². The average Bonchev–Trinajstić information content (AvgIpc) is 2.39. The third-order valence-corrected chi connectivity index (χ3v) is 3.50. The van der Waals surface area contributed by atoms with Crippen molar-refractivity contribution in [3.8, 4) is 0 Å². The first-order valence-corrected chi connectivity index (χ1v) is 6.47. The van der Waals surface area contributed by atoms with Gasteiger partial charge in [0.05, 0.1) is 12.0 Å². The zero-order valence-electron chi connectivity index (χ0n) is 10.8. The summed E-state index contributed by atoms with van der Waals surface area (Å²) in [7, 11) is 0. The molecule has 0 saturated carbocycles. The van der Waals surface area contributed by atoms with Crippen molar-refractivity contribution in [1.29, 1.82) is 0 Å². The molecule has 104 valence electrons. The standard InChI is InChI=1S/C14H19FN2O2/c15-12-3-1-2-11(8-12)9-13(18)17-14(10-16)4-6-19-7-5-14/h1-3,8H,4-7,9-10,16H2,(H,17,18). The summed E-state index contributed by atoms with van der Waals surface area (Å²) < 4.78 is 18.3. The number of hydrogen-bond donors (Lipinski definition) is 2. The topological polar surface area (TPSA) is 64.3 Å². The zero-order valence-corrected chi connectivity index (χ0v) is 10.8. The summed E-state index contributed by atoms with van der Waals surface area (Å²) in [6.45, 7) is 1.61. The lowest BCUT2D eigenvalue weighted by molar-refractivity contribution is -0.123. The molecule has 2 rings (SSSR count). The molecule has 4 nitrogen and oxygen atoms in total. The summed E-state index contributed by atoms with van der Waals surface area (Å²) in [5, 5.41) is 2.98. The fourth-order valence-corrected chi connectivity index (χ4v) is 2.31. The van der Waals surface area contributed by atoms with Crippen molar-refractivity contribution in [3.63, 3.8) is 0 Å². The maximum Gasteiger partial charge on any atom is 0.224 e. The van der Waals surface area contributed by atoms with E-state index in [0.29, 0.717) is 25.3 Å². The molecule has 1 aliphatic rings. The second kappa shape index (κ2) is 6.12. The summed E-state index contributed by atoms with van der Waals surface area (Å²) in [5.41, 5.74) is 6.07. The van der Waals surface area contributed by atoms with Crippen molar-refractivity contribution in [1.82, 2.24) is 5.32 Å². The van der Waals surface area contributed by atoms with Gasteiger partial charge in [0.1, 0.15) is 5.82 Å². The lowest BCUT2D eigenvalue weighted by atomic mass is 9.90. The Morgan fingerprint density at radius 1 is 1.42 bits per heavy atom. The third kappa shape index (κ3) is 3.75. The summed E-state index contributed by atoms with van der Waals surface area (Å²) >= 11 is 0. The number of carbonyl (C=O) groups is 1. The van der Waals surface area contributed by atoms with Crippen LogP contribution in [0.5, 0.6) is 0 Å². The van der Waals surface area contributed by atoms with Crippen molar-refractivity contribution in [2.24, 2.45) is 5.73 Å². The van der Waals surface area contributed by atoms with Crippen LogP contribution < -0.4 is 11.1 Å². The Hall–Kier alpha value is -1.46. The van der Waals surface area contributed by atoms with E-state index in [1.165, 1.54) is 12.1 Å². The number of amides is 1. The normalized spacial score (nSPS) is 18.0. The SMILES string of the molecule is NCC1(NC(=O)Cc2cccc(F)c2)CCOCC1. The van der Waals surface area contributed by atoms with Crippen molar-refractivity contribution in [2.75, 3.05) is 19.8 Å². The van der Waals surface area contributed by atoms with Gasteiger partial charge in [-0.05, 0) is 30.5 Å². The van der Waals surface area contributed by atoms with Crippen molar-refractivity contribution >= 4 is 5.91 Å². The molecular formula is C14H19FN2O2. The molecule has 0 aliphatic carbocycles. The molecule has 19 heavy (non-hydrogen) atoms. The maximum absolute atomic E-state index is 13.0. The molecule has 0 atom stereocenters. The van der Waals surface area contributed by atoms with Gasteiger partial charge in [-0.1, -0.05) is 12.1 Å². The first-order valence-electron chi connectivity index (χ1n) is 6.47. The predicted molar refractivity (Wildman–Crippen MR) is 70.1 cm³/mol. The maximum atomic E-state index is 13.0. The van der Waals surface area contributed by atoms with E-state index in [1.54, 1.807) is 12.1 Å². The predicted octanol–water partition coefficient (Wildman–Crippen LogP) is 0.992. The Balaban J connectivity index is 1.96. The molecule has 3 N–H and O–H groups in total. The summed E-state index contributed by atoms with van der Waals surface area (Å²) in [6, 6.07) is 6.08. The summed E-state index contributed by atoms with van der Waals surface area (Å²) in [4.78, 5) is 12.0. The van der Waals surface area contributed by atoms with Gasteiger partial charge in [-0.3, -0.25) is 4.79 Å².